The molecule has 3 atom stereocenters. The lowest BCUT2D eigenvalue weighted by Gasteiger charge is -2.24. The number of hydrogen-bond donors (Lipinski definition) is 1. The quantitative estimate of drug-likeness (QED) is 0.237. The minimum Gasteiger partial charge on any atom is -0.497 e. The number of benzene rings is 2. The van der Waals surface area contributed by atoms with Gasteiger partial charge in [0.2, 0.25) is 0 Å². The topological polar surface area (TPSA) is 66.4 Å². The van der Waals surface area contributed by atoms with Crippen molar-refractivity contribution in [2.24, 2.45) is 5.92 Å². The number of ether oxygens (including phenoxy) is 5. The van der Waals surface area contributed by atoms with Crippen molar-refractivity contribution < 1.29 is 28.8 Å². The Morgan fingerprint density at radius 2 is 1.69 bits per heavy atom. The molecule has 0 radical (unpaired) electrons. The predicted octanol–water partition coefficient (Wildman–Crippen LogP) is 5.67. The molecule has 0 aliphatic carbocycles. The van der Waals surface area contributed by atoms with E-state index in [0.717, 1.165) is 36.1 Å². The summed E-state index contributed by atoms with van der Waals surface area (Å²) in [7, 11) is 1.65. The molecular weight excluding hydrogens is 456 g/mol. The number of rotatable bonds is 16. The maximum Gasteiger partial charge on any atom is 0.168 e. The fourth-order valence-electron chi connectivity index (χ4n) is 4.27. The predicted molar refractivity (Wildman–Crippen MR) is 141 cm³/mol. The molecule has 1 fully saturated rings. The van der Waals surface area contributed by atoms with E-state index in [2.05, 4.69) is 26.0 Å². The number of aliphatic hydroxyl groups excluding tert-OH is 1. The lowest BCUT2D eigenvalue weighted by Crippen LogP contribution is -2.28. The molecule has 6 nitrogen and oxygen atoms in total. The van der Waals surface area contributed by atoms with Gasteiger partial charge in [0, 0.05) is 12.5 Å². The van der Waals surface area contributed by atoms with Crippen LogP contribution in [0, 0.1) is 5.92 Å². The molecule has 1 aliphatic rings. The summed E-state index contributed by atoms with van der Waals surface area (Å²) in [5.41, 5.74) is 2.19. The molecule has 0 unspecified atom stereocenters. The summed E-state index contributed by atoms with van der Waals surface area (Å²) in [5, 5.41) is 10.9. The second kappa shape index (κ2) is 15.1. The molecule has 0 amide bonds. The van der Waals surface area contributed by atoms with E-state index in [4.69, 9.17) is 23.7 Å². The van der Waals surface area contributed by atoms with Crippen molar-refractivity contribution in [2.75, 3.05) is 26.9 Å². The number of hydrogen-bond acceptors (Lipinski definition) is 6. The zero-order valence-corrected chi connectivity index (χ0v) is 21.9. The lowest BCUT2D eigenvalue weighted by molar-refractivity contribution is -0.171. The van der Waals surface area contributed by atoms with Crippen LogP contribution in [0.25, 0.3) is 0 Å². The second-order valence-electron chi connectivity index (χ2n) is 9.25. The van der Waals surface area contributed by atoms with E-state index >= 15 is 0 Å². The first kappa shape index (κ1) is 28.4. The van der Waals surface area contributed by atoms with Crippen molar-refractivity contribution >= 4 is 0 Å². The Bertz CT molecular complexity index is 878. The van der Waals surface area contributed by atoms with Crippen molar-refractivity contribution in [1.29, 1.82) is 0 Å². The highest BCUT2D eigenvalue weighted by atomic mass is 16.7. The third kappa shape index (κ3) is 9.02. The van der Waals surface area contributed by atoms with Gasteiger partial charge in [0.1, 0.15) is 5.75 Å². The van der Waals surface area contributed by atoms with Gasteiger partial charge in [-0.05, 0) is 48.9 Å². The van der Waals surface area contributed by atoms with Gasteiger partial charge < -0.3 is 28.8 Å². The van der Waals surface area contributed by atoms with Crippen LogP contribution in [0.2, 0.25) is 0 Å². The Hall–Kier alpha value is -2.22. The normalized spacial score (nSPS) is 18.9. The lowest BCUT2D eigenvalue weighted by atomic mass is 9.99. The zero-order valence-electron chi connectivity index (χ0n) is 21.9. The minimum atomic E-state index is -0.570. The van der Waals surface area contributed by atoms with Crippen LogP contribution in [-0.4, -0.2) is 50.0 Å². The van der Waals surface area contributed by atoms with Gasteiger partial charge in [-0.25, -0.2) is 0 Å². The summed E-state index contributed by atoms with van der Waals surface area (Å²) < 4.78 is 29.1. The van der Waals surface area contributed by atoms with E-state index in [1.165, 1.54) is 0 Å². The van der Waals surface area contributed by atoms with Crippen LogP contribution in [0.15, 0.2) is 66.7 Å². The van der Waals surface area contributed by atoms with Gasteiger partial charge in [0.15, 0.2) is 5.79 Å². The first-order valence-electron chi connectivity index (χ1n) is 13.1. The SMILES string of the molecule is CCC1(CC)OC[C@H](C/C=C\[C@@H](COCc2ccc(OC)cc2)[C@@H](O)CCOCc2ccccc2)O1. The van der Waals surface area contributed by atoms with Crippen LogP contribution < -0.4 is 4.74 Å². The molecule has 36 heavy (non-hydrogen) atoms. The van der Waals surface area contributed by atoms with Gasteiger partial charge in [0.25, 0.3) is 0 Å². The monoisotopic (exact) mass is 498 g/mol. The maximum atomic E-state index is 10.9. The van der Waals surface area contributed by atoms with Gasteiger partial charge >= 0.3 is 0 Å². The Balaban J connectivity index is 1.50. The molecule has 1 heterocycles. The molecule has 0 bridgehead atoms. The van der Waals surface area contributed by atoms with E-state index in [9.17, 15) is 5.11 Å². The van der Waals surface area contributed by atoms with E-state index in [1.807, 2.05) is 54.6 Å². The molecule has 6 heteroatoms. The van der Waals surface area contributed by atoms with Crippen molar-refractivity contribution in [1.82, 2.24) is 0 Å². The third-order valence-electron chi connectivity index (χ3n) is 6.68. The van der Waals surface area contributed by atoms with Crippen LogP contribution in [0.3, 0.4) is 0 Å². The fraction of sp³-hybridized carbons (Fsp3) is 0.533. The molecule has 2 aromatic rings. The van der Waals surface area contributed by atoms with E-state index in [0.29, 0.717) is 39.5 Å². The fourth-order valence-corrected chi connectivity index (χ4v) is 4.27. The summed E-state index contributed by atoms with van der Waals surface area (Å²) in [6.07, 6.45) is 6.56. The van der Waals surface area contributed by atoms with E-state index in [-0.39, 0.29) is 12.0 Å². The average Bonchev–Trinajstić information content (AvgIpc) is 3.35. The molecule has 0 saturated carbocycles. The van der Waals surface area contributed by atoms with Crippen molar-refractivity contribution in [3.05, 3.63) is 77.9 Å². The van der Waals surface area contributed by atoms with Gasteiger partial charge in [-0.3, -0.25) is 0 Å². The van der Waals surface area contributed by atoms with E-state index < -0.39 is 11.9 Å². The molecule has 1 saturated heterocycles. The van der Waals surface area contributed by atoms with Crippen LogP contribution >= 0.6 is 0 Å². The second-order valence-corrected chi connectivity index (χ2v) is 9.25. The highest BCUT2D eigenvalue weighted by Gasteiger charge is 2.37. The zero-order chi connectivity index (χ0) is 25.6. The highest BCUT2D eigenvalue weighted by molar-refractivity contribution is 5.26. The third-order valence-corrected chi connectivity index (χ3v) is 6.68. The Morgan fingerprint density at radius 3 is 2.36 bits per heavy atom. The molecule has 2 aromatic carbocycles. The van der Waals surface area contributed by atoms with Crippen LogP contribution in [0.4, 0.5) is 0 Å². The van der Waals surface area contributed by atoms with Crippen molar-refractivity contribution in [3.63, 3.8) is 0 Å². The van der Waals surface area contributed by atoms with Crippen molar-refractivity contribution in [3.8, 4) is 5.75 Å². The number of aliphatic hydroxyl groups is 1. The minimum absolute atomic E-state index is 0.0355. The maximum absolute atomic E-state index is 10.9. The van der Waals surface area contributed by atoms with Gasteiger partial charge in [0.05, 0.1) is 45.7 Å². The Kier molecular flexibility index (Phi) is 11.9. The summed E-state index contributed by atoms with van der Waals surface area (Å²) in [5.74, 6) is 0.224. The standard InChI is InChI=1S/C30H42O6/c1-4-30(5-2)35-23-28(36-30)13-9-12-26(22-34-21-25-14-16-27(32-3)17-15-25)29(31)18-19-33-20-24-10-7-6-8-11-24/h6-12,14-17,26,28-29,31H,4-5,13,18-23H2,1-3H3/b12-9-/t26-,28-,29-/m0/s1. The summed E-state index contributed by atoms with van der Waals surface area (Å²) in [6, 6.07) is 17.9. The van der Waals surface area contributed by atoms with Crippen LogP contribution in [0.1, 0.15) is 50.7 Å². The molecule has 1 N–H and O–H groups in total. The van der Waals surface area contributed by atoms with Gasteiger partial charge in [-0.2, -0.15) is 0 Å². The molecule has 3 rings (SSSR count). The summed E-state index contributed by atoms with van der Waals surface area (Å²) >= 11 is 0. The summed E-state index contributed by atoms with van der Waals surface area (Å²) in [6.45, 7) is 6.69. The molecule has 0 spiro atoms. The van der Waals surface area contributed by atoms with E-state index in [1.54, 1.807) is 7.11 Å². The van der Waals surface area contributed by atoms with Crippen LogP contribution in [-0.2, 0) is 32.2 Å². The van der Waals surface area contributed by atoms with Crippen molar-refractivity contribution in [2.45, 2.75) is 70.7 Å². The largest absolute Gasteiger partial charge is 0.497 e. The molecule has 198 valence electrons. The Morgan fingerprint density at radius 1 is 1.00 bits per heavy atom. The molecular formula is C30H42O6. The first-order chi connectivity index (χ1) is 17.6. The molecule has 1 aliphatic heterocycles. The molecule has 0 aromatic heterocycles. The number of methoxy groups -OCH3 is 1. The van der Waals surface area contributed by atoms with Gasteiger partial charge in [-0.15, -0.1) is 0 Å². The average molecular weight is 499 g/mol. The highest BCUT2D eigenvalue weighted by Crippen LogP contribution is 2.31. The Labute approximate surface area is 216 Å². The first-order valence-corrected chi connectivity index (χ1v) is 13.1. The summed E-state index contributed by atoms with van der Waals surface area (Å²) in [4.78, 5) is 0. The van der Waals surface area contributed by atoms with Crippen LogP contribution in [0.5, 0.6) is 5.75 Å². The smallest absolute Gasteiger partial charge is 0.168 e. The van der Waals surface area contributed by atoms with Gasteiger partial charge in [-0.1, -0.05) is 68.5 Å².